The lowest BCUT2D eigenvalue weighted by Crippen LogP contribution is -2.42. The number of hydrogen-bond acceptors (Lipinski definition) is 11. The molecule has 226 valence electrons. The summed E-state index contributed by atoms with van der Waals surface area (Å²) in [6.45, 7) is 5.48. The molecule has 1 aliphatic carbocycles. The van der Waals surface area contributed by atoms with E-state index in [0.29, 0.717) is 50.7 Å². The van der Waals surface area contributed by atoms with Gasteiger partial charge in [0.1, 0.15) is 11.6 Å². The van der Waals surface area contributed by atoms with Crippen LogP contribution in [0.3, 0.4) is 0 Å². The van der Waals surface area contributed by atoms with Crippen molar-refractivity contribution in [2.45, 2.75) is 43.9 Å². The Bertz CT molecular complexity index is 1740. The van der Waals surface area contributed by atoms with Crippen LogP contribution in [0.1, 0.15) is 45.1 Å². The van der Waals surface area contributed by atoms with E-state index in [1.807, 2.05) is 38.1 Å². The zero-order valence-corrected chi connectivity index (χ0v) is 26.3. The van der Waals surface area contributed by atoms with Gasteiger partial charge in [-0.15, -0.1) is 10.2 Å². The Balaban J connectivity index is 1.40. The molecule has 1 aromatic heterocycles. The molecule has 0 saturated heterocycles. The highest BCUT2D eigenvalue weighted by atomic mass is 32.2. The number of methoxy groups -OCH3 is 1. The first-order valence-electron chi connectivity index (χ1n) is 13.7. The van der Waals surface area contributed by atoms with Crippen molar-refractivity contribution < 1.29 is 19.1 Å². The van der Waals surface area contributed by atoms with E-state index < -0.39 is 5.92 Å². The largest absolute Gasteiger partial charge is 0.497 e. The van der Waals surface area contributed by atoms with Crippen molar-refractivity contribution in [3.8, 4) is 11.8 Å². The second kappa shape index (κ2) is 12.5. The normalized spacial score (nSPS) is 17.6. The van der Waals surface area contributed by atoms with E-state index in [0.717, 1.165) is 5.56 Å². The van der Waals surface area contributed by atoms with Gasteiger partial charge >= 0.3 is 0 Å². The molecule has 0 bridgehead atoms. The number of carbonyl (C=O) groups is 3. The van der Waals surface area contributed by atoms with Crippen molar-refractivity contribution in [3.05, 3.63) is 76.8 Å². The van der Waals surface area contributed by atoms with Crippen molar-refractivity contribution in [2.24, 2.45) is 11.1 Å². The van der Waals surface area contributed by atoms with Gasteiger partial charge in [-0.2, -0.15) is 5.26 Å². The van der Waals surface area contributed by atoms with E-state index in [-0.39, 0.29) is 40.2 Å². The number of thioether (sulfide) groups is 1. The average Bonchev–Trinajstić information content (AvgIpc) is 3.44. The van der Waals surface area contributed by atoms with Gasteiger partial charge in [-0.25, -0.2) is 0 Å². The molecule has 0 fully saturated rings. The maximum atomic E-state index is 13.7. The number of carbonyl (C=O) groups excluding carboxylic acids is 3. The fourth-order valence-corrected chi connectivity index (χ4v) is 7.08. The van der Waals surface area contributed by atoms with Crippen molar-refractivity contribution in [2.75, 3.05) is 28.4 Å². The summed E-state index contributed by atoms with van der Waals surface area (Å²) in [7, 11) is 1.57. The Morgan fingerprint density at radius 3 is 2.52 bits per heavy atom. The molecule has 2 heterocycles. The fraction of sp³-hybridized carbons (Fsp3) is 0.290. The molecule has 11 nitrogen and oxygen atoms in total. The number of amides is 2. The minimum Gasteiger partial charge on any atom is -0.497 e. The highest BCUT2D eigenvalue weighted by molar-refractivity contribution is 8.01. The van der Waals surface area contributed by atoms with Crippen molar-refractivity contribution in [3.63, 3.8) is 0 Å². The number of ketones is 1. The lowest BCUT2D eigenvalue weighted by Gasteiger charge is -2.42. The summed E-state index contributed by atoms with van der Waals surface area (Å²) in [5.41, 5.74) is 9.81. The minimum absolute atomic E-state index is 0.0461. The molecule has 2 amide bonds. The molecule has 44 heavy (non-hydrogen) atoms. The van der Waals surface area contributed by atoms with Crippen LogP contribution < -0.4 is 26.0 Å². The highest BCUT2D eigenvalue weighted by Gasteiger charge is 2.45. The number of Topliss-reactive ketones (excluding diaryl/α,β-unsaturated/α-hetero) is 1. The van der Waals surface area contributed by atoms with Crippen LogP contribution in [0, 0.1) is 16.7 Å². The fourth-order valence-electron chi connectivity index (χ4n) is 5.40. The second-order valence-corrected chi connectivity index (χ2v) is 13.4. The molecule has 1 unspecified atom stereocenters. The molecule has 3 aromatic rings. The number of ether oxygens (including phenoxy) is 1. The third-order valence-corrected chi connectivity index (χ3v) is 9.25. The topological polar surface area (TPSA) is 163 Å². The van der Waals surface area contributed by atoms with E-state index in [1.165, 1.54) is 30.0 Å². The van der Waals surface area contributed by atoms with Gasteiger partial charge in [-0.1, -0.05) is 49.1 Å². The smallest absolute Gasteiger partial charge is 0.234 e. The van der Waals surface area contributed by atoms with Gasteiger partial charge < -0.3 is 21.1 Å². The molecular weight excluding hydrogens is 599 g/mol. The predicted molar refractivity (Wildman–Crippen MR) is 170 cm³/mol. The number of nitriles is 1. The van der Waals surface area contributed by atoms with Crippen LogP contribution in [0.15, 0.2) is 75.5 Å². The monoisotopic (exact) mass is 629 g/mol. The first-order chi connectivity index (χ1) is 21.0. The zero-order valence-electron chi connectivity index (χ0n) is 24.6. The second-order valence-electron chi connectivity index (χ2n) is 11.2. The number of allylic oxidation sites excluding steroid dienone is 3. The summed E-state index contributed by atoms with van der Waals surface area (Å²) in [6.07, 6.45) is 0.875. The molecule has 4 N–H and O–H groups in total. The lowest BCUT2D eigenvalue weighted by molar-refractivity contribution is -0.118. The summed E-state index contributed by atoms with van der Waals surface area (Å²) >= 11 is 2.44. The third-order valence-electron chi connectivity index (χ3n) is 7.21. The molecule has 0 spiro atoms. The SMILES string of the molecule is COc1cccc(C2C(C#N)=C(N)N(c3nnc(SCC(=O)Nc4ccc(NC(C)=O)cc4)s3)C3=C2C(=O)CC(C)(C)C3)c1. The average molecular weight is 630 g/mol. The third kappa shape index (κ3) is 6.46. The number of rotatable bonds is 8. The van der Waals surface area contributed by atoms with Crippen LogP contribution in [-0.4, -0.2) is 40.7 Å². The molecule has 1 aliphatic heterocycles. The highest BCUT2D eigenvalue weighted by Crippen LogP contribution is 2.51. The van der Waals surface area contributed by atoms with Crippen LogP contribution >= 0.6 is 23.1 Å². The lowest BCUT2D eigenvalue weighted by atomic mass is 9.68. The number of nitrogens with zero attached hydrogens (tertiary/aromatic N) is 4. The number of nitrogens with two attached hydrogens (primary N) is 1. The van der Waals surface area contributed by atoms with Gasteiger partial charge in [0.25, 0.3) is 0 Å². The van der Waals surface area contributed by atoms with E-state index >= 15 is 0 Å². The first-order valence-corrected chi connectivity index (χ1v) is 15.5. The molecule has 0 saturated carbocycles. The number of aromatic nitrogens is 2. The van der Waals surface area contributed by atoms with Gasteiger partial charge in [-0.3, -0.25) is 19.3 Å². The number of anilines is 3. The number of hydrogen-bond donors (Lipinski definition) is 3. The van der Waals surface area contributed by atoms with E-state index in [2.05, 4.69) is 26.9 Å². The van der Waals surface area contributed by atoms with Crippen molar-refractivity contribution in [1.29, 1.82) is 5.26 Å². The van der Waals surface area contributed by atoms with Crippen LogP contribution in [0.2, 0.25) is 0 Å². The van der Waals surface area contributed by atoms with Crippen LogP contribution in [-0.2, 0) is 14.4 Å². The Hall–Kier alpha value is -4.67. The molecular formula is C31H31N7O4S2. The van der Waals surface area contributed by atoms with Gasteiger partial charge in [0.05, 0.1) is 30.4 Å². The first kappa shape index (κ1) is 30.8. The molecule has 0 radical (unpaired) electrons. The number of benzene rings is 2. The van der Waals surface area contributed by atoms with Gasteiger partial charge in [-0.05, 0) is 53.8 Å². The van der Waals surface area contributed by atoms with Gasteiger partial charge in [0.15, 0.2) is 10.1 Å². The zero-order chi connectivity index (χ0) is 31.6. The van der Waals surface area contributed by atoms with Crippen LogP contribution in [0.5, 0.6) is 5.75 Å². The van der Waals surface area contributed by atoms with E-state index in [9.17, 15) is 19.6 Å². The van der Waals surface area contributed by atoms with Crippen LogP contribution in [0.25, 0.3) is 0 Å². The summed E-state index contributed by atoms with van der Waals surface area (Å²) in [5, 5.41) is 24.9. The summed E-state index contributed by atoms with van der Waals surface area (Å²) in [5.74, 6) is -0.218. The van der Waals surface area contributed by atoms with Crippen LogP contribution in [0.4, 0.5) is 16.5 Å². The minimum atomic E-state index is -0.636. The molecule has 2 aromatic carbocycles. The molecule has 13 heteroatoms. The Kier molecular flexibility index (Phi) is 8.75. The Morgan fingerprint density at radius 1 is 1.16 bits per heavy atom. The van der Waals surface area contributed by atoms with Gasteiger partial charge in [0.2, 0.25) is 16.9 Å². The summed E-state index contributed by atoms with van der Waals surface area (Å²) < 4.78 is 5.95. The van der Waals surface area contributed by atoms with Crippen molar-refractivity contribution >= 4 is 57.2 Å². The maximum Gasteiger partial charge on any atom is 0.234 e. The predicted octanol–water partition coefficient (Wildman–Crippen LogP) is 5.18. The van der Waals surface area contributed by atoms with Gasteiger partial charge in [0, 0.05) is 36.0 Å². The number of nitrogens with one attached hydrogen (secondary N) is 2. The van der Waals surface area contributed by atoms with Crippen molar-refractivity contribution in [1.82, 2.24) is 10.2 Å². The summed E-state index contributed by atoms with van der Waals surface area (Å²) in [4.78, 5) is 39.3. The summed E-state index contributed by atoms with van der Waals surface area (Å²) in [6, 6.07) is 16.4. The Morgan fingerprint density at radius 2 is 1.86 bits per heavy atom. The quantitative estimate of drug-likeness (QED) is 0.283. The maximum absolute atomic E-state index is 13.7. The van der Waals surface area contributed by atoms with E-state index in [1.54, 1.807) is 36.3 Å². The molecule has 2 aliphatic rings. The molecule has 5 rings (SSSR count). The Labute approximate surface area is 263 Å². The standard InChI is InChI=1S/C31H31N7O4S2/c1-17(39)34-19-8-10-20(11-9-19)35-25(41)16-43-30-37-36-29(44-30)38-23-13-31(2,3)14-24(40)27(23)26(22(15-32)28(38)33)18-6-5-7-21(12-18)42-4/h5-12,26H,13-14,16,33H2,1-4H3,(H,34,39)(H,35,41). The van der Waals surface area contributed by atoms with E-state index in [4.69, 9.17) is 10.5 Å². The molecule has 1 atom stereocenters.